The molecular weight excluding hydrogens is 565 g/mol. The molecule has 0 fully saturated rings. The van der Waals surface area contributed by atoms with Crippen molar-refractivity contribution in [3.63, 3.8) is 0 Å². The van der Waals surface area contributed by atoms with E-state index >= 15 is 0 Å². The minimum absolute atomic E-state index is 0.0344. The van der Waals surface area contributed by atoms with E-state index in [-0.39, 0.29) is 19.7 Å². The zero-order valence-electron chi connectivity index (χ0n) is 22.8. The van der Waals surface area contributed by atoms with Gasteiger partial charge in [-0.25, -0.2) is 8.42 Å². The van der Waals surface area contributed by atoms with E-state index in [0.29, 0.717) is 29.5 Å². The van der Waals surface area contributed by atoms with E-state index in [1.807, 2.05) is 60.8 Å². The van der Waals surface area contributed by atoms with Gasteiger partial charge in [0.1, 0.15) is 6.61 Å². The number of para-hydroxylation sites is 1. The predicted octanol–water partition coefficient (Wildman–Crippen LogP) is 7.21. The molecule has 0 saturated heterocycles. The van der Waals surface area contributed by atoms with Crippen molar-refractivity contribution in [2.24, 2.45) is 0 Å². The molecule has 0 atom stereocenters. The number of hydrogen-bond donors (Lipinski definition) is 1. The van der Waals surface area contributed by atoms with Crippen LogP contribution in [0.2, 0.25) is 0 Å². The Balaban J connectivity index is 1.46. The van der Waals surface area contributed by atoms with E-state index in [1.165, 1.54) is 17.5 Å². The van der Waals surface area contributed by atoms with Gasteiger partial charge in [0, 0.05) is 30.2 Å². The Labute approximate surface area is 242 Å². The smallest absolute Gasteiger partial charge is 0.416 e. The monoisotopic (exact) mass is 594 g/mol. The zero-order valence-corrected chi connectivity index (χ0v) is 23.6. The second-order valence-corrected chi connectivity index (χ2v) is 11.7. The number of methoxy groups -OCH3 is 1. The van der Waals surface area contributed by atoms with Crippen LogP contribution in [0.1, 0.15) is 22.3 Å². The molecule has 1 aromatic heterocycles. The molecule has 0 radical (unpaired) electrons. The van der Waals surface area contributed by atoms with Crippen molar-refractivity contribution in [3.05, 3.63) is 126 Å². The third-order valence-corrected chi connectivity index (χ3v) is 8.77. The molecule has 0 aliphatic heterocycles. The summed E-state index contributed by atoms with van der Waals surface area (Å²) in [4.78, 5) is 2.75. The highest BCUT2D eigenvalue weighted by molar-refractivity contribution is 7.89. The van der Waals surface area contributed by atoms with Crippen LogP contribution >= 0.6 is 0 Å². The van der Waals surface area contributed by atoms with E-state index in [1.54, 1.807) is 18.2 Å². The van der Waals surface area contributed by atoms with Crippen molar-refractivity contribution in [2.45, 2.75) is 30.6 Å². The van der Waals surface area contributed by atoms with Gasteiger partial charge in [0.2, 0.25) is 10.0 Å². The van der Waals surface area contributed by atoms with E-state index in [4.69, 9.17) is 9.47 Å². The lowest BCUT2D eigenvalue weighted by Gasteiger charge is -2.23. The number of hydrogen-bond acceptors (Lipinski definition) is 4. The van der Waals surface area contributed by atoms with E-state index in [0.717, 1.165) is 34.2 Å². The van der Waals surface area contributed by atoms with E-state index < -0.39 is 26.7 Å². The highest BCUT2D eigenvalue weighted by atomic mass is 32.2. The third-order valence-electron chi connectivity index (χ3n) is 6.93. The number of ether oxygens (including phenoxy) is 2. The van der Waals surface area contributed by atoms with Gasteiger partial charge in [0.05, 0.1) is 17.6 Å². The first-order valence-electron chi connectivity index (χ1n) is 13.2. The molecule has 10 heteroatoms. The van der Waals surface area contributed by atoms with Gasteiger partial charge in [-0.2, -0.15) is 17.5 Å². The third kappa shape index (κ3) is 6.61. The van der Waals surface area contributed by atoms with Gasteiger partial charge in [-0.1, -0.05) is 60.7 Å². The van der Waals surface area contributed by atoms with Gasteiger partial charge >= 0.3 is 6.18 Å². The van der Waals surface area contributed by atoms with Crippen molar-refractivity contribution in [1.29, 1.82) is 0 Å². The van der Waals surface area contributed by atoms with Crippen LogP contribution < -0.4 is 9.47 Å². The Bertz CT molecular complexity index is 1770. The van der Waals surface area contributed by atoms with Crippen LogP contribution in [0.25, 0.3) is 10.9 Å². The average Bonchev–Trinajstić information content (AvgIpc) is 3.41. The fourth-order valence-corrected chi connectivity index (χ4v) is 6.20. The highest BCUT2D eigenvalue weighted by Gasteiger charge is 2.33. The van der Waals surface area contributed by atoms with Gasteiger partial charge in [0.15, 0.2) is 11.5 Å². The number of H-pyrrole nitrogens is 1. The Morgan fingerprint density at radius 2 is 1.60 bits per heavy atom. The first-order chi connectivity index (χ1) is 20.1. The Morgan fingerprint density at radius 1 is 0.833 bits per heavy atom. The minimum atomic E-state index is -4.68. The summed E-state index contributed by atoms with van der Waals surface area (Å²) in [6.45, 7) is 0.215. The van der Waals surface area contributed by atoms with Crippen LogP contribution in [-0.2, 0) is 35.8 Å². The second-order valence-electron chi connectivity index (χ2n) is 9.73. The lowest BCUT2D eigenvalue weighted by Crippen LogP contribution is -2.32. The van der Waals surface area contributed by atoms with Gasteiger partial charge in [0.25, 0.3) is 0 Å². The Kier molecular flexibility index (Phi) is 8.56. The van der Waals surface area contributed by atoms with Crippen LogP contribution in [0.15, 0.2) is 108 Å². The Hall–Kier alpha value is -4.28. The highest BCUT2D eigenvalue weighted by Crippen LogP contribution is 2.33. The number of rotatable bonds is 11. The topological polar surface area (TPSA) is 71.6 Å². The molecule has 0 bridgehead atoms. The molecule has 1 N–H and O–H groups in total. The lowest BCUT2D eigenvalue weighted by molar-refractivity contribution is -0.137. The van der Waals surface area contributed by atoms with Crippen LogP contribution in [0.3, 0.4) is 0 Å². The molecule has 1 heterocycles. The second kappa shape index (κ2) is 12.3. The van der Waals surface area contributed by atoms with Gasteiger partial charge in [-0.15, -0.1) is 0 Å². The molecule has 0 spiro atoms. The fraction of sp³-hybridized carbons (Fsp3) is 0.188. The molecule has 0 saturated carbocycles. The molecule has 5 aromatic rings. The van der Waals surface area contributed by atoms with E-state index in [2.05, 4.69) is 4.98 Å². The number of aromatic amines is 1. The maximum absolute atomic E-state index is 13.9. The zero-order chi connectivity index (χ0) is 29.7. The molecule has 42 heavy (non-hydrogen) atoms. The summed E-state index contributed by atoms with van der Waals surface area (Å²) in [6, 6.07) is 26.1. The summed E-state index contributed by atoms with van der Waals surface area (Å²) in [5.74, 6) is 0.896. The first-order valence-corrected chi connectivity index (χ1v) is 14.7. The summed E-state index contributed by atoms with van der Waals surface area (Å²) in [5.41, 5.74) is 2.32. The average molecular weight is 595 g/mol. The summed E-state index contributed by atoms with van der Waals surface area (Å²) >= 11 is 0. The Morgan fingerprint density at radius 3 is 2.36 bits per heavy atom. The van der Waals surface area contributed by atoms with Crippen molar-refractivity contribution < 1.29 is 31.1 Å². The number of alkyl halides is 3. The number of nitrogens with one attached hydrogen (secondary N) is 1. The first kappa shape index (κ1) is 29.2. The largest absolute Gasteiger partial charge is 0.493 e. The maximum atomic E-state index is 13.9. The summed E-state index contributed by atoms with van der Waals surface area (Å²) in [5, 5.41) is 0.954. The molecule has 0 unspecified atom stereocenters. The van der Waals surface area contributed by atoms with Gasteiger partial charge in [-0.3, -0.25) is 0 Å². The van der Waals surface area contributed by atoms with Crippen LogP contribution in [0, 0.1) is 0 Å². The van der Waals surface area contributed by atoms with Crippen molar-refractivity contribution in [2.75, 3.05) is 13.7 Å². The SMILES string of the molecule is COc1ccc(CN(CCc2c[nH]c3ccccc23)S(=O)(=O)c2cccc(C(F)(F)F)c2)cc1OCc1ccccc1. The van der Waals surface area contributed by atoms with E-state index in [9.17, 15) is 21.6 Å². The predicted molar refractivity (Wildman–Crippen MR) is 155 cm³/mol. The standard InChI is InChI=1S/C32H29F3N2O4S/c1-40-30-15-14-24(18-31(30)41-22-23-8-3-2-4-9-23)21-37(17-16-25-20-36-29-13-6-5-12-28(25)29)42(38,39)27-11-7-10-26(19-27)32(33,34)35/h2-15,18-20,36H,16-17,21-22H2,1H3. The van der Waals surface area contributed by atoms with Crippen LogP contribution in [0.4, 0.5) is 13.2 Å². The summed E-state index contributed by atoms with van der Waals surface area (Å²) in [6.07, 6.45) is -2.51. The molecule has 6 nitrogen and oxygen atoms in total. The van der Waals surface area contributed by atoms with Crippen molar-refractivity contribution in [3.8, 4) is 11.5 Å². The molecular formula is C32H29F3N2O4S. The number of benzene rings is 4. The quantitative estimate of drug-likeness (QED) is 0.176. The maximum Gasteiger partial charge on any atom is 0.416 e. The lowest BCUT2D eigenvalue weighted by atomic mass is 10.1. The summed E-state index contributed by atoms with van der Waals surface area (Å²) in [7, 11) is -2.81. The number of nitrogens with zero attached hydrogens (tertiary/aromatic N) is 1. The molecule has 5 rings (SSSR count). The number of halogens is 3. The van der Waals surface area contributed by atoms with Crippen LogP contribution in [0.5, 0.6) is 11.5 Å². The van der Waals surface area contributed by atoms with Gasteiger partial charge < -0.3 is 14.5 Å². The van der Waals surface area contributed by atoms with Gasteiger partial charge in [-0.05, 0) is 59.5 Å². The molecule has 0 aliphatic carbocycles. The van der Waals surface area contributed by atoms with Crippen LogP contribution in [-0.4, -0.2) is 31.4 Å². The molecule has 0 aliphatic rings. The molecule has 4 aromatic carbocycles. The number of aromatic nitrogens is 1. The number of fused-ring (bicyclic) bond motifs is 1. The van der Waals surface area contributed by atoms with Crippen molar-refractivity contribution >= 4 is 20.9 Å². The minimum Gasteiger partial charge on any atom is -0.493 e. The molecule has 218 valence electrons. The fourth-order valence-electron chi connectivity index (χ4n) is 4.72. The summed E-state index contributed by atoms with van der Waals surface area (Å²) < 4.78 is 80.7. The van der Waals surface area contributed by atoms with Crippen molar-refractivity contribution in [1.82, 2.24) is 9.29 Å². The molecule has 0 amide bonds. The number of sulfonamides is 1. The normalized spacial score (nSPS) is 12.1.